The van der Waals surface area contributed by atoms with Gasteiger partial charge in [0.25, 0.3) is 0 Å². The molecular formula is C18H14F4N6S. The minimum Gasteiger partial charge on any atom is -0.350 e. The Morgan fingerprint density at radius 3 is 2.69 bits per heavy atom. The van der Waals surface area contributed by atoms with Crippen molar-refractivity contribution in [3.8, 4) is 0 Å². The van der Waals surface area contributed by atoms with Crippen LogP contribution in [0.25, 0.3) is 10.2 Å². The predicted molar refractivity (Wildman–Crippen MR) is 103 cm³/mol. The standard InChI is InChI=1S/C18H14F4N6S/c1-9-6-14(28-27-9)25-16-15-13(4-5-29-15)24-17(26-16)23-8-10-2-3-12(19)11(7-10)18(20,21)22/h2-7H,8H2,1H3,(H3,23,24,25,26,27,28). The zero-order valence-corrected chi connectivity index (χ0v) is 15.7. The van der Waals surface area contributed by atoms with Gasteiger partial charge in [0.2, 0.25) is 5.95 Å². The van der Waals surface area contributed by atoms with Crippen LogP contribution >= 0.6 is 11.3 Å². The fraction of sp³-hybridized carbons (Fsp3) is 0.167. The SMILES string of the molecule is Cc1cc(Nc2nc(NCc3ccc(F)c(C(F)(F)F)c3)nc3ccsc23)n[nH]1. The number of benzene rings is 1. The van der Waals surface area contributed by atoms with Gasteiger partial charge in [-0.15, -0.1) is 11.3 Å². The van der Waals surface area contributed by atoms with Crippen molar-refractivity contribution in [1.29, 1.82) is 0 Å². The van der Waals surface area contributed by atoms with E-state index in [1.54, 1.807) is 0 Å². The Morgan fingerprint density at radius 2 is 1.97 bits per heavy atom. The third kappa shape index (κ3) is 4.14. The number of nitrogens with zero attached hydrogens (tertiary/aromatic N) is 3. The number of H-pyrrole nitrogens is 1. The van der Waals surface area contributed by atoms with Gasteiger partial charge in [-0.2, -0.15) is 23.3 Å². The van der Waals surface area contributed by atoms with Crippen LogP contribution in [0.1, 0.15) is 16.8 Å². The number of aromatic nitrogens is 4. The maximum absolute atomic E-state index is 13.4. The minimum absolute atomic E-state index is 0.0000429. The lowest BCUT2D eigenvalue weighted by atomic mass is 10.1. The highest BCUT2D eigenvalue weighted by atomic mass is 32.1. The number of hydrogen-bond donors (Lipinski definition) is 3. The normalized spacial score (nSPS) is 11.8. The summed E-state index contributed by atoms with van der Waals surface area (Å²) in [4.78, 5) is 8.78. The fourth-order valence-corrected chi connectivity index (χ4v) is 3.49. The molecule has 1 aromatic carbocycles. The van der Waals surface area contributed by atoms with Gasteiger partial charge in [-0.05, 0) is 36.1 Å². The van der Waals surface area contributed by atoms with Crippen LogP contribution in [-0.2, 0) is 12.7 Å². The molecule has 3 heterocycles. The Morgan fingerprint density at radius 1 is 1.14 bits per heavy atom. The molecule has 0 bridgehead atoms. The van der Waals surface area contributed by atoms with Crippen LogP contribution in [0.5, 0.6) is 0 Å². The first-order valence-electron chi connectivity index (χ1n) is 8.43. The molecule has 4 rings (SSSR count). The number of alkyl halides is 3. The molecule has 150 valence electrons. The Labute approximate surface area is 166 Å². The molecule has 0 radical (unpaired) electrons. The van der Waals surface area contributed by atoms with Gasteiger partial charge >= 0.3 is 6.18 Å². The first-order valence-corrected chi connectivity index (χ1v) is 9.31. The van der Waals surface area contributed by atoms with Crippen LogP contribution < -0.4 is 10.6 Å². The van der Waals surface area contributed by atoms with Crippen molar-refractivity contribution in [2.45, 2.75) is 19.6 Å². The molecule has 0 amide bonds. The molecule has 0 saturated carbocycles. The molecule has 0 atom stereocenters. The van der Waals surface area contributed by atoms with Crippen LogP contribution in [0.15, 0.2) is 35.7 Å². The lowest BCUT2D eigenvalue weighted by Gasteiger charge is -2.11. The van der Waals surface area contributed by atoms with E-state index in [2.05, 4.69) is 30.8 Å². The van der Waals surface area contributed by atoms with E-state index >= 15 is 0 Å². The van der Waals surface area contributed by atoms with Crippen LogP contribution in [0, 0.1) is 12.7 Å². The number of thiophene rings is 1. The van der Waals surface area contributed by atoms with Crippen molar-refractivity contribution in [2.75, 3.05) is 10.6 Å². The maximum Gasteiger partial charge on any atom is 0.419 e. The Kier molecular flexibility index (Phi) is 4.82. The second-order valence-corrected chi connectivity index (χ2v) is 7.17. The zero-order chi connectivity index (χ0) is 20.6. The molecule has 3 N–H and O–H groups in total. The van der Waals surface area contributed by atoms with Gasteiger partial charge in [0, 0.05) is 18.3 Å². The number of nitrogens with one attached hydrogen (secondary N) is 3. The first kappa shape index (κ1) is 19.1. The average molecular weight is 422 g/mol. The van der Waals surface area contributed by atoms with E-state index in [-0.39, 0.29) is 18.1 Å². The summed E-state index contributed by atoms with van der Waals surface area (Å²) in [6.07, 6.45) is -4.76. The molecule has 29 heavy (non-hydrogen) atoms. The van der Waals surface area contributed by atoms with Crippen molar-refractivity contribution >= 4 is 39.1 Å². The zero-order valence-electron chi connectivity index (χ0n) is 14.9. The summed E-state index contributed by atoms with van der Waals surface area (Å²) in [5.74, 6) is 0.0193. The van der Waals surface area contributed by atoms with E-state index in [1.807, 2.05) is 24.4 Å². The monoisotopic (exact) mass is 422 g/mol. The topological polar surface area (TPSA) is 78.5 Å². The van der Waals surface area contributed by atoms with Gasteiger partial charge in [0.1, 0.15) is 5.82 Å². The highest BCUT2D eigenvalue weighted by molar-refractivity contribution is 7.17. The number of rotatable bonds is 5. The third-order valence-electron chi connectivity index (χ3n) is 4.04. The van der Waals surface area contributed by atoms with E-state index in [0.717, 1.165) is 22.5 Å². The molecule has 0 aliphatic heterocycles. The lowest BCUT2D eigenvalue weighted by molar-refractivity contribution is -0.140. The molecule has 0 saturated heterocycles. The molecule has 6 nitrogen and oxygen atoms in total. The van der Waals surface area contributed by atoms with E-state index in [0.29, 0.717) is 17.2 Å². The number of halogens is 4. The second-order valence-electron chi connectivity index (χ2n) is 6.26. The summed E-state index contributed by atoms with van der Waals surface area (Å²) < 4.78 is 52.9. The smallest absolute Gasteiger partial charge is 0.350 e. The molecular weight excluding hydrogens is 408 g/mol. The Bertz CT molecular complexity index is 1170. The fourth-order valence-electron chi connectivity index (χ4n) is 2.71. The van der Waals surface area contributed by atoms with Crippen molar-refractivity contribution in [1.82, 2.24) is 20.2 Å². The van der Waals surface area contributed by atoms with Gasteiger partial charge in [-0.3, -0.25) is 5.10 Å². The maximum atomic E-state index is 13.4. The molecule has 0 spiro atoms. The second kappa shape index (κ2) is 7.32. The van der Waals surface area contributed by atoms with Gasteiger partial charge < -0.3 is 10.6 Å². The van der Waals surface area contributed by atoms with Crippen LogP contribution in [0.3, 0.4) is 0 Å². The van der Waals surface area contributed by atoms with Gasteiger partial charge in [-0.25, -0.2) is 9.37 Å². The molecule has 0 aliphatic carbocycles. The highest BCUT2D eigenvalue weighted by Crippen LogP contribution is 2.32. The van der Waals surface area contributed by atoms with E-state index < -0.39 is 17.6 Å². The van der Waals surface area contributed by atoms with Gasteiger partial charge in [-0.1, -0.05) is 6.07 Å². The highest BCUT2D eigenvalue weighted by Gasteiger charge is 2.34. The van der Waals surface area contributed by atoms with E-state index in [1.165, 1.54) is 17.4 Å². The summed E-state index contributed by atoms with van der Waals surface area (Å²) >= 11 is 1.45. The molecule has 11 heteroatoms. The number of aromatic amines is 1. The molecule has 0 aliphatic rings. The Hall–Kier alpha value is -3.21. The summed E-state index contributed by atoms with van der Waals surface area (Å²) in [7, 11) is 0. The van der Waals surface area contributed by atoms with Crippen LogP contribution in [0.4, 0.5) is 35.1 Å². The number of fused-ring (bicyclic) bond motifs is 1. The van der Waals surface area contributed by atoms with Crippen molar-refractivity contribution in [3.63, 3.8) is 0 Å². The first-order chi connectivity index (χ1) is 13.8. The van der Waals surface area contributed by atoms with Crippen LogP contribution in [-0.4, -0.2) is 20.2 Å². The largest absolute Gasteiger partial charge is 0.419 e. The molecule has 3 aromatic heterocycles. The van der Waals surface area contributed by atoms with Crippen molar-refractivity contribution < 1.29 is 17.6 Å². The summed E-state index contributed by atoms with van der Waals surface area (Å²) in [5.41, 5.74) is 0.504. The lowest BCUT2D eigenvalue weighted by Crippen LogP contribution is -2.10. The quantitative estimate of drug-likeness (QED) is 0.384. The number of hydrogen-bond acceptors (Lipinski definition) is 6. The molecule has 0 unspecified atom stereocenters. The molecule has 0 fully saturated rings. The van der Waals surface area contributed by atoms with E-state index in [4.69, 9.17) is 0 Å². The van der Waals surface area contributed by atoms with Gasteiger partial charge in [0.05, 0.1) is 15.8 Å². The summed E-state index contributed by atoms with van der Waals surface area (Å²) in [6.45, 7) is 1.86. The molecule has 4 aromatic rings. The Balaban J connectivity index is 1.59. The van der Waals surface area contributed by atoms with Crippen molar-refractivity contribution in [3.05, 3.63) is 58.3 Å². The van der Waals surface area contributed by atoms with Gasteiger partial charge in [0.15, 0.2) is 11.6 Å². The van der Waals surface area contributed by atoms with Crippen molar-refractivity contribution in [2.24, 2.45) is 0 Å². The predicted octanol–water partition coefficient (Wildman–Crippen LogP) is 5.24. The van der Waals surface area contributed by atoms with E-state index in [9.17, 15) is 17.6 Å². The van der Waals surface area contributed by atoms with Crippen LogP contribution in [0.2, 0.25) is 0 Å². The summed E-state index contributed by atoms with van der Waals surface area (Å²) in [6, 6.07) is 6.48. The number of anilines is 3. The average Bonchev–Trinajstić information content (AvgIpc) is 3.29. The number of aryl methyl sites for hydroxylation is 1. The summed E-state index contributed by atoms with van der Waals surface area (Å²) in [5, 5.41) is 14.8. The minimum atomic E-state index is -4.76. The third-order valence-corrected chi connectivity index (χ3v) is 4.95.